The van der Waals surface area contributed by atoms with Crippen LogP contribution in [0.2, 0.25) is 0 Å². The molecule has 6 nitrogen and oxygen atoms in total. The summed E-state index contributed by atoms with van der Waals surface area (Å²) < 4.78 is 39.9. The van der Waals surface area contributed by atoms with Gasteiger partial charge in [-0.25, -0.2) is 0 Å². The van der Waals surface area contributed by atoms with E-state index in [2.05, 4.69) is 6.07 Å². The highest BCUT2D eigenvalue weighted by Crippen LogP contribution is 2.46. The van der Waals surface area contributed by atoms with Crippen molar-refractivity contribution >= 4 is 15.6 Å². The van der Waals surface area contributed by atoms with Gasteiger partial charge in [0.1, 0.15) is 22.2 Å². The summed E-state index contributed by atoms with van der Waals surface area (Å²) in [6, 6.07) is 27.4. The first-order chi connectivity index (χ1) is 17.8. The van der Waals surface area contributed by atoms with Crippen LogP contribution in [-0.2, 0) is 10.1 Å². The molecule has 2 aromatic heterocycles. The van der Waals surface area contributed by atoms with Crippen LogP contribution < -0.4 is 8.92 Å². The Morgan fingerprint density at radius 3 is 1.97 bits per heavy atom. The number of nitriles is 1. The van der Waals surface area contributed by atoms with Gasteiger partial charge in [-0.2, -0.15) is 13.7 Å². The molecular formula is C30H24N2O4S. The second-order valence-corrected chi connectivity index (χ2v) is 10.3. The predicted octanol–water partition coefficient (Wildman–Crippen LogP) is 6.54. The van der Waals surface area contributed by atoms with Crippen LogP contribution in [0.1, 0.15) is 16.7 Å². The molecule has 3 aromatic carbocycles. The zero-order chi connectivity index (χ0) is 26.2. The molecule has 37 heavy (non-hydrogen) atoms. The minimum Gasteiger partial charge on any atom is -0.497 e. The Labute approximate surface area is 216 Å². The molecule has 0 saturated heterocycles. The molecule has 0 spiro atoms. The molecule has 184 valence electrons. The van der Waals surface area contributed by atoms with E-state index in [1.54, 1.807) is 24.3 Å². The lowest BCUT2D eigenvalue weighted by atomic mass is 9.99. The van der Waals surface area contributed by atoms with E-state index < -0.39 is 10.1 Å². The summed E-state index contributed by atoms with van der Waals surface area (Å²) in [4.78, 5) is -0.0196. The first-order valence-corrected chi connectivity index (χ1v) is 13.0. The number of methoxy groups -OCH3 is 1. The number of rotatable bonds is 6. The minimum atomic E-state index is -4.25. The number of benzene rings is 3. The molecule has 0 aliphatic heterocycles. The second kappa shape index (κ2) is 9.49. The van der Waals surface area contributed by atoms with Crippen LogP contribution in [0.4, 0.5) is 0 Å². The zero-order valence-corrected chi connectivity index (χ0v) is 21.4. The van der Waals surface area contributed by atoms with E-state index in [1.165, 1.54) is 19.2 Å². The fraction of sp³-hybridized carbons (Fsp3) is 0.100. The topological polar surface area (TPSA) is 80.8 Å². The Hall–Kier alpha value is -4.54. The molecule has 5 rings (SSSR count). The minimum absolute atomic E-state index is 0.0196. The van der Waals surface area contributed by atoms with Crippen molar-refractivity contribution in [3.63, 3.8) is 0 Å². The Balaban J connectivity index is 1.84. The van der Waals surface area contributed by atoms with Gasteiger partial charge in [-0.1, -0.05) is 59.7 Å². The van der Waals surface area contributed by atoms with Crippen LogP contribution >= 0.6 is 0 Å². The summed E-state index contributed by atoms with van der Waals surface area (Å²) in [5, 5.41) is 9.96. The van der Waals surface area contributed by atoms with E-state index in [4.69, 9.17) is 8.92 Å². The average Bonchev–Trinajstić information content (AvgIpc) is 3.23. The third-order valence-corrected chi connectivity index (χ3v) is 7.48. The maximum absolute atomic E-state index is 13.5. The number of fused-ring (bicyclic) bond motifs is 1. The first kappa shape index (κ1) is 24.2. The first-order valence-electron chi connectivity index (χ1n) is 11.6. The van der Waals surface area contributed by atoms with Crippen molar-refractivity contribution in [1.29, 1.82) is 5.26 Å². The van der Waals surface area contributed by atoms with Gasteiger partial charge in [0, 0.05) is 6.20 Å². The summed E-state index contributed by atoms with van der Waals surface area (Å²) in [6.45, 7) is 3.99. The lowest BCUT2D eigenvalue weighted by Gasteiger charge is -2.11. The summed E-state index contributed by atoms with van der Waals surface area (Å²) in [6.07, 6.45) is 1.82. The SMILES string of the molecule is COc1ccc(S(=O)(=O)Oc2c(-c3ccc(C)cc3)c(-c3ccc(C)cc3)n3cccc(C#N)c23)cc1. The molecular weight excluding hydrogens is 484 g/mol. The molecule has 0 atom stereocenters. The maximum atomic E-state index is 13.5. The predicted molar refractivity (Wildman–Crippen MR) is 143 cm³/mol. The third-order valence-electron chi connectivity index (χ3n) is 6.24. The van der Waals surface area contributed by atoms with E-state index in [9.17, 15) is 13.7 Å². The smallest absolute Gasteiger partial charge is 0.339 e. The summed E-state index contributed by atoms with van der Waals surface area (Å²) in [5.41, 5.74) is 5.80. The number of hydrogen-bond acceptors (Lipinski definition) is 5. The number of nitrogens with zero attached hydrogens (tertiary/aromatic N) is 2. The monoisotopic (exact) mass is 508 g/mol. The highest BCUT2D eigenvalue weighted by molar-refractivity contribution is 7.87. The highest BCUT2D eigenvalue weighted by Gasteiger charge is 2.29. The van der Waals surface area contributed by atoms with Gasteiger partial charge < -0.3 is 13.3 Å². The van der Waals surface area contributed by atoms with E-state index in [1.807, 2.05) is 73.0 Å². The van der Waals surface area contributed by atoms with Gasteiger partial charge in [-0.05, 0) is 61.4 Å². The molecule has 2 heterocycles. The fourth-order valence-electron chi connectivity index (χ4n) is 4.33. The number of hydrogen-bond donors (Lipinski definition) is 0. The van der Waals surface area contributed by atoms with Crippen molar-refractivity contribution in [1.82, 2.24) is 4.40 Å². The van der Waals surface area contributed by atoms with Crippen LogP contribution in [0.15, 0.2) is 96.0 Å². The van der Waals surface area contributed by atoms with Crippen molar-refractivity contribution in [3.05, 3.63) is 108 Å². The lowest BCUT2D eigenvalue weighted by molar-refractivity contribution is 0.414. The number of ether oxygens (including phenoxy) is 1. The third kappa shape index (κ3) is 4.44. The van der Waals surface area contributed by atoms with Gasteiger partial charge >= 0.3 is 10.1 Å². The summed E-state index contributed by atoms with van der Waals surface area (Å²) >= 11 is 0. The van der Waals surface area contributed by atoms with E-state index in [0.717, 1.165) is 27.9 Å². The number of aryl methyl sites for hydroxylation is 2. The molecule has 0 amide bonds. The molecule has 7 heteroatoms. The summed E-state index contributed by atoms with van der Waals surface area (Å²) in [7, 11) is -2.74. The molecule has 0 unspecified atom stereocenters. The standard InChI is InChI=1S/C30H24N2O4S/c1-20-6-10-22(11-7-20)27-28(23-12-8-21(2)9-13-23)32-18-4-5-24(19-31)29(32)30(27)36-37(33,34)26-16-14-25(35-3)15-17-26/h4-18H,1-3H3. The van der Waals surface area contributed by atoms with Gasteiger partial charge in [0.25, 0.3) is 0 Å². The largest absolute Gasteiger partial charge is 0.497 e. The molecule has 0 N–H and O–H groups in total. The Morgan fingerprint density at radius 2 is 1.41 bits per heavy atom. The van der Waals surface area contributed by atoms with Crippen LogP contribution in [0.3, 0.4) is 0 Å². The van der Waals surface area contributed by atoms with Crippen molar-refractivity contribution in [2.45, 2.75) is 18.7 Å². The molecule has 0 saturated carbocycles. The van der Waals surface area contributed by atoms with Gasteiger partial charge in [0.15, 0.2) is 5.75 Å². The second-order valence-electron chi connectivity index (χ2n) is 8.75. The molecule has 0 radical (unpaired) electrons. The number of aromatic nitrogens is 1. The van der Waals surface area contributed by atoms with Crippen LogP contribution in [0, 0.1) is 25.2 Å². The van der Waals surface area contributed by atoms with Crippen molar-refractivity contribution in [3.8, 4) is 40.0 Å². The average molecular weight is 509 g/mol. The Kier molecular flexibility index (Phi) is 6.20. The van der Waals surface area contributed by atoms with Crippen LogP contribution in [0.25, 0.3) is 27.9 Å². The van der Waals surface area contributed by atoms with Crippen LogP contribution in [-0.4, -0.2) is 19.9 Å². The summed E-state index contributed by atoms with van der Waals surface area (Å²) in [5.74, 6) is 0.634. The van der Waals surface area contributed by atoms with Gasteiger partial charge in [0.2, 0.25) is 0 Å². The highest BCUT2D eigenvalue weighted by atomic mass is 32.2. The Morgan fingerprint density at radius 1 is 0.811 bits per heavy atom. The maximum Gasteiger partial charge on any atom is 0.339 e. The van der Waals surface area contributed by atoms with E-state index >= 15 is 0 Å². The molecule has 0 fully saturated rings. The fourth-order valence-corrected chi connectivity index (χ4v) is 5.27. The van der Waals surface area contributed by atoms with Crippen molar-refractivity contribution in [2.24, 2.45) is 0 Å². The van der Waals surface area contributed by atoms with E-state index in [0.29, 0.717) is 22.4 Å². The molecule has 0 bridgehead atoms. The normalized spacial score (nSPS) is 11.3. The van der Waals surface area contributed by atoms with Crippen LogP contribution in [0.5, 0.6) is 11.5 Å². The molecule has 0 aliphatic carbocycles. The Bertz CT molecular complexity index is 1740. The van der Waals surface area contributed by atoms with Crippen molar-refractivity contribution in [2.75, 3.05) is 7.11 Å². The van der Waals surface area contributed by atoms with Gasteiger partial charge in [-0.15, -0.1) is 0 Å². The van der Waals surface area contributed by atoms with Crippen molar-refractivity contribution < 1.29 is 17.3 Å². The van der Waals surface area contributed by atoms with Gasteiger partial charge in [-0.3, -0.25) is 0 Å². The zero-order valence-electron chi connectivity index (χ0n) is 20.6. The van der Waals surface area contributed by atoms with E-state index in [-0.39, 0.29) is 10.6 Å². The lowest BCUT2D eigenvalue weighted by Crippen LogP contribution is -2.10. The molecule has 5 aromatic rings. The van der Waals surface area contributed by atoms with Gasteiger partial charge in [0.05, 0.1) is 23.9 Å². The molecule has 0 aliphatic rings. The number of pyridine rings is 1. The quantitative estimate of drug-likeness (QED) is 0.243.